The number of Topliss-reactive ketones (excluding diaryl/α,β-unsaturated/α-hetero) is 1. The van der Waals surface area contributed by atoms with Crippen molar-refractivity contribution in [3.63, 3.8) is 0 Å². The molecule has 0 saturated carbocycles. The lowest BCUT2D eigenvalue weighted by Gasteiger charge is -2.14. The standard InChI is InChI=1S/C10H18O5Si/c1-16(2,3)7-6-15-10(14)8(11)4-5-9(12)13/h4-7H2,1-3H3,(H,12,13). The van der Waals surface area contributed by atoms with Crippen molar-refractivity contribution < 1.29 is 24.2 Å². The molecule has 0 atom stereocenters. The molecule has 0 aromatic heterocycles. The van der Waals surface area contributed by atoms with Crippen LogP contribution in [0.1, 0.15) is 12.8 Å². The number of carbonyl (C=O) groups excluding carboxylic acids is 2. The largest absolute Gasteiger partial charge is 0.481 e. The van der Waals surface area contributed by atoms with Crippen LogP contribution >= 0.6 is 0 Å². The predicted octanol–water partition coefficient (Wildman–Crippen LogP) is 1.30. The summed E-state index contributed by atoms with van der Waals surface area (Å²) < 4.78 is 4.77. The maximum Gasteiger partial charge on any atom is 0.374 e. The Morgan fingerprint density at radius 3 is 2.12 bits per heavy atom. The average molecular weight is 246 g/mol. The number of aliphatic carboxylic acids is 1. The van der Waals surface area contributed by atoms with Crippen LogP contribution in [0.3, 0.4) is 0 Å². The molecule has 0 amide bonds. The number of ketones is 1. The topological polar surface area (TPSA) is 80.7 Å². The highest BCUT2D eigenvalue weighted by Crippen LogP contribution is 2.07. The number of ether oxygens (including phenoxy) is 1. The van der Waals surface area contributed by atoms with Gasteiger partial charge in [-0.05, 0) is 6.04 Å². The van der Waals surface area contributed by atoms with Crippen molar-refractivity contribution in [1.82, 2.24) is 0 Å². The van der Waals surface area contributed by atoms with Crippen LogP contribution in [0.15, 0.2) is 0 Å². The number of rotatable bonds is 7. The van der Waals surface area contributed by atoms with Gasteiger partial charge < -0.3 is 9.84 Å². The highest BCUT2D eigenvalue weighted by atomic mass is 28.3. The smallest absolute Gasteiger partial charge is 0.374 e. The van der Waals surface area contributed by atoms with Crippen molar-refractivity contribution in [2.75, 3.05) is 6.61 Å². The first-order valence-electron chi connectivity index (χ1n) is 5.14. The van der Waals surface area contributed by atoms with Crippen molar-refractivity contribution in [2.24, 2.45) is 0 Å². The maximum atomic E-state index is 11.1. The van der Waals surface area contributed by atoms with E-state index in [9.17, 15) is 14.4 Å². The fourth-order valence-electron chi connectivity index (χ4n) is 0.853. The minimum absolute atomic E-state index is 0.243. The molecule has 6 heteroatoms. The Kier molecular flexibility index (Phi) is 5.95. The lowest BCUT2D eigenvalue weighted by atomic mass is 10.2. The van der Waals surface area contributed by atoms with E-state index in [1.807, 2.05) is 0 Å². The van der Waals surface area contributed by atoms with Gasteiger partial charge in [0.25, 0.3) is 0 Å². The van der Waals surface area contributed by atoms with Crippen LogP contribution in [0, 0.1) is 0 Å². The van der Waals surface area contributed by atoms with Gasteiger partial charge in [0.15, 0.2) is 0 Å². The fraction of sp³-hybridized carbons (Fsp3) is 0.700. The first-order valence-corrected chi connectivity index (χ1v) is 8.85. The molecule has 0 fully saturated rings. The van der Waals surface area contributed by atoms with Gasteiger partial charge >= 0.3 is 11.9 Å². The third-order valence-corrected chi connectivity index (χ3v) is 3.58. The highest BCUT2D eigenvalue weighted by Gasteiger charge is 2.18. The second-order valence-corrected chi connectivity index (χ2v) is 10.4. The summed E-state index contributed by atoms with van der Waals surface area (Å²) in [5.41, 5.74) is 0. The molecule has 0 saturated heterocycles. The molecule has 0 aromatic carbocycles. The van der Waals surface area contributed by atoms with Crippen LogP contribution in [-0.4, -0.2) is 37.5 Å². The monoisotopic (exact) mass is 246 g/mol. The second kappa shape index (κ2) is 6.42. The summed E-state index contributed by atoms with van der Waals surface area (Å²) in [6.45, 7) is 6.64. The highest BCUT2D eigenvalue weighted by molar-refractivity contribution is 6.76. The summed E-state index contributed by atoms with van der Waals surface area (Å²) in [7, 11) is -1.28. The SMILES string of the molecule is C[Si](C)(C)CCOC(=O)C(=O)CCC(=O)O. The Morgan fingerprint density at radius 1 is 1.12 bits per heavy atom. The number of carbonyl (C=O) groups is 3. The summed E-state index contributed by atoms with van der Waals surface area (Å²) in [4.78, 5) is 32.3. The minimum atomic E-state index is -1.28. The van der Waals surface area contributed by atoms with Crippen LogP contribution in [0.5, 0.6) is 0 Å². The van der Waals surface area contributed by atoms with E-state index < -0.39 is 25.8 Å². The molecule has 0 unspecified atom stereocenters. The van der Waals surface area contributed by atoms with E-state index in [0.717, 1.165) is 6.04 Å². The van der Waals surface area contributed by atoms with Gasteiger partial charge in [0.2, 0.25) is 5.78 Å². The van der Waals surface area contributed by atoms with Crippen LogP contribution in [0.25, 0.3) is 0 Å². The van der Waals surface area contributed by atoms with Crippen molar-refractivity contribution >= 4 is 25.8 Å². The molecule has 0 heterocycles. The number of hydrogen-bond acceptors (Lipinski definition) is 4. The lowest BCUT2D eigenvalue weighted by Crippen LogP contribution is -2.25. The summed E-state index contributed by atoms with van der Waals surface area (Å²) in [5, 5.41) is 8.33. The molecule has 1 N–H and O–H groups in total. The van der Waals surface area contributed by atoms with E-state index >= 15 is 0 Å². The Morgan fingerprint density at radius 2 is 1.69 bits per heavy atom. The first kappa shape index (κ1) is 14.8. The van der Waals surface area contributed by atoms with Gasteiger partial charge in [-0.2, -0.15) is 0 Å². The van der Waals surface area contributed by atoms with E-state index in [1.54, 1.807) is 0 Å². The third kappa shape index (κ3) is 8.16. The minimum Gasteiger partial charge on any atom is -0.481 e. The zero-order valence-corrected chi connectivity index (χ0v) is 10.9. The van der Waals surface area contributed by atoms with E-state index in [0.29, 0.717) is 0 Å². The van der Waals surface area contributed by atoms with Crippen molar-refractivity contribution in [1.29, 1.82) is 0 Å². The van der Waals surface area contributed by atoms with Gasteiger partial charge in [-0.15, -0.1) is 0 Å². The summed E-state index contributed by atoms with van der Waals surface area (Å²) in [6.07, 6.45) is -0.622. The van der Waals surface area contributed by atoms with E-state index in [4.69, 9.17) is 9.84 Å². The predicted molar refractivity (Wildman–Crippen MR) is 61.0 cm³/mol. The molecule has 5 nitrogen and oxygen atoms in total. The summed E-state index contributed by atoms with van der Waals surface area (Å²) >= 11 is 0. The molecule has 0 spiro atoms. The van der Waals surface area contributed by atoms with Gasteiger partial charge in [-0.25, -0.2) is 4.79 Å². The van der Waals surface area contributed by atoms with Crippen molar-refractivity contribution in [2.45, 2.75) is 38.5 Å². The number of carboxylic acids is 1. The average Bonchev–Trinajstić information content (AvgIpc) is 2.11. The normalized spacial score (nSPS) is 10.9. The van der Waals surface area contributed by atoms with Gasteiger partial charge in [0.05, 0.1) is 13.0 Å². The number of esters is 1. The maximum absolute atomic E-state index is 11.1. The molecule has 0 aliphatic rings. The Balaban J connectivity index is 3.80. The first-order chi connectivity index (χ1) is 7.22. The third-order valence-electron chi connectivity index (χ3n) is 1.88. The molecular formula is C10H18O5Si. The Hall–Kier alpha value is -1.17. The molecule has 0 aromatic rings. The summed E-state index contributed by atoms with van der Waals surface area (Å²) in [6, 6.07) is 0.797. The summed E-state index contributed by atoms with van der Waals surface area (Å²) in [5.74, 6) is -2.78. The Bertz CT molecular complexity index is 279. The molecule has 0 aliphatic carbocycles. The van der Waals surface area contributed by atoms with Crippen molar-refractivity contribution in [3.05, 3.63) is 0 Å². The van der Waals surface area contributed by atoms with Crippen LogP contribution in [0.4, 0.5) is 0 Å². The van der Waals surface area contributed by atoms with E-state index in [-0.39, 0.29) is 19.4 Å². The zero-order valence-electron chi connectivity index (χ0n) is 9.91. The van der Waals surface area contributed by atoms with Crippen LogP contribution < -0.4 is 0 Å². The second-order valence-electron chi connectivity index (χ2n) is 4.76. The van der Waals surface area contributed by atoms with Crippen LogP contribution in [-0.2, 0) is 19.1 Å². The fourth-order valence-corrected chi connectivity index (χ4v) is 1.57. The molecule has 0 aliphatic heterocycles. The number of hydrogen-bond donors (Lipinski definition) is 1. The molecule has 0 rings (SSSR count). The molecule has 0 bridgehead atoms. The van der Waals surface area contributed by atoms with Crippen LogP contribution in [0.2, 0.25) is 25.7 Å². The molecule has 16 heavy (non-hydrogen) atoms. The van der Waals surface area contributed by atoms with Gasteiger partial charge in [0, 0.05) is 14.5 Å². The Labute approximate surface area is 95.8 Å². The molecule has 0 radical (unpaired) electrons. The van der Waals surface area contributed by atoms with Crippen molar-refractivity contribution in [3.8, 4) is 0 Å². The lowest BCUT2D eigenvalue weighted by molar-refractivity contribution is -0.154. The quantitative estimate of drug-likeness (QED) is 0.416. The zero-order chi connectivity index (χ0) is 12.8. The molecular weight excluding hydrogens is 228 g/mol. The van der Waals surface area contributed by atoms with Gasteiger partial charge in [-0.1, -0.05) is 19.6 Å². The molecule has 92 valence electrons. The van der Waals surface area contributed by atoms with Gasteiger partial charge in [0.1, 0.15) is 0 Å². The van der Waals surface area contributed by atoms with E-state index in [1.165, 1.54) is 0 Å². The van der Waals surface area contributed by atoms with Gasteiger partial charge in [-0.3, -0.25) is 9.59 Å². The number of carboxylic acid groups (broad SMARTS) is 1. The van der Waals surface area contributed by atoms with E-state index in [2.05, 4.69) is 19.6 Å².